The van der Waals surface area contributed by atoms with E-state index in [1.54, 1.807) is 31.5 Å². The maximum atomic E-state index is 12.1. The van der Waals surface area contributed by atoms with Gasteiger partial charge >= 0.3 is 5.97 Å². The van der Waals surface area contributed by atoms with Crippen LogP contribution in [0.4, 0.5) is 0 Å². The molecule has 0 bridgehead atoms. The molecule has 3 aromatic rings. The summed E-state index contributed by atoms with van der Waals surface area (Å²) in [7, 11) is 0. The summed E-state index contributed by atoms with van der Waals surface area (Å²) in [5, 5.41) is 11.2. The molecule has 0 radical (unpaired) electrons. The van der Waals surface area contributed by atoms with Crippen molar-refractivity contribution in [1.82, 2.24) is 19.9 Å². The lowest BCUT2D eigenvalue weighted by molar-refractivity contribution is 0.0525. The first-order chi connectivity index (χ1) is 12.0. The second-order valence-electron chi connectivity index (χ2n) is 5.27. The van der Waals surface area contributed by atoms with Crippen molar-refractivity contribution in [2.24, 2.45) is 5.10 Å². The Hall–Kier alpha value is -2.94. The van der Waals surface area contributed by atoms with Crippen molar-refractivity contribution >= 4 is 24.4 Å². The summed E-state index contributed by atoms with van der Waals surface area (Å²) in [6, 6.07) is 3.52. The average Bonchev–Trinajstić information content (AvgIpc) is 3.26. The number of carbonyl (C=O) groups excluding carboxylic acids is 1. The van der Waals surface area contributed by atoms with E-state index < -0.39 is 0 Å². The first-order valence-electron chi connectivity index (χ1n) is 7.64. The number of esters is 1. The highest BCUT2D eigenvalue weighted by atomic mass is 32.1. The van der Waals surface area contributed by atoms with Crippen molar-refractivity contribution in [1.29, 1.82) is 0 Å². The van der Waals surface area contributed by atoms with Crippen LogP contribution in [0, 0.1) is 18.6 Å². The molecular formula is C16H17N5O3S. The molecule has 0 atom stereocenters. The van der Waals surface area contributed by atoms with Crippen LogP contribution in [0.25, 0.3) is 11.6 Å². The zero-order chi connectivity index (χ0) is 18.0. The first-order valence-corrected chi connectivity index (χ1v) is 8.05. The monoisotopic (exact) mass is 359 g/mol. The van der Waals surface area contributed by atoms with Gasteiger partial charge < -0.3 is 14.1 Å². The fourth-order valence-corrected chi connectivity index (χ4v) is 2.67. The minimum absolute atomic E-state index is 0.322. The molecule has 8 nitrogen and oxygen atoms in total. The molecule has 0 aliphatic carbocycles. The molecule has 0 aliphatic heterocycles. The van der Waals surface area contributed by atoms with Gasteiger partial charge in [0.05, 0.1) is 30.3 Å². The molecule has 0 fully saturated rings. The van der Waals surface area contributed by atoms with E-state index in [0.29, 0.717) is 34.2 Å². The van der Waals surface area contributed by atoms with Gasteiger partial charge in [-0.2, -0.15) is 9.78 Å². The number of carbonyl (C=O) groups is 1. The minimum Gasteiger partial charge on any atom is -0.462 e. The number of ether oxygens (including phenoxy) is 1. The van der Waals surface area contributed by atoms with E-state index >= 15 is 0 Å². The Morgan fingerprint density at radius 3 is 3.00 bits per heavy atom. The van der Waals surface area contributed by atoms with E-state index in [9.17, 15) is 4.79 Å². The van der Waals surface area contributed by atoms with Gasteiger partial charge in [0.2, 0.25) is 10.6 Å². The van der Waals surface area contributed by atoms with Crippen molar-refractivity contribution in [3.8, 4) is 11.6 Å². The van der Waals surface area contributed by atoms with Gasteiger partial charge in [0.1, 0.15) is 0 Å². The van der Waals surface area contributed by atoms with Crippen molar-refractivity contribution < 1.29 is 13.9 Å². The Morgan fingerprint density at radius 2 is 2.32 bits per heavy atom. The van der Waals surface area contributed by atoms with Gasteiger partial charge in [0.25, 0.3) is 0 Å². The summed E-state index contributed by atoms with van der Waals surface area (Å²) in [4.78, 5) is 15.2. The molecule has 2 N–H and O–H groups in total. The van der Waals surface area contributed by atoms with E-state index in [-0.39, 0.29) is 5.97 Å². The number of aromatic amines is 2. The van der Waals surface area contributed by atoms with E-state index in [0.717, 1.165) is 11.3 Å². The normalized spacial score (nSPS) is 11.3. The van der Waals surface area contributed by atoms with Crippen LogP contribution in [0.5, 0.6) is 0 Å². The topological polar surface area (TPSA) is 101 Å². The molecule has 3 heterocycles. The van der Waals surface area contributed by atoms with E-state index in [4.69, 9.17) is 21.4 Å². The quantitative estimate of drug-likeness (QED) is 0.414. The summed E-state index contributed by atoms with van der Waals surface area (Å²) in [6.07, 6.45) is 3.13. The number of aryl methyl sites for hydroxylation is 1. The number of aromatic nitrogens is 4. The maximum absolute atomic E-state index is 12.1. The molecule has 0 saturated heterocycles. The fourth-order valence-electron chi connectivity index (χ4n) is 2.49. The van der Waals surface area contributed by atoms with Crippen LogP contribution in [0.3, 0.4) is 0 Å². The number of hydrogen-bond acceptors (Lipinski definition) is 6. The summed E-state index contributed by atoms with van der Waals surface area (Å²) in [6.45, 7) is 5.74. The third-order valence-corrected chi connectivity index (χ3v) is 3.91. The molecule has 0 spiro atoms. The van der Waals surface area contributed by atoms with E-state index in [1.807, 2.05) is 13.8 Å². The second-order valence-corrected chi connectivity index (χ2v) is 5.66. The van der Waals surface area contributed by atoms with Crippen LogP contribution in [0.2, 0.25) is 0 Å². The van der Waals surface area contributed by atoms with Gasteiger partial charge in [0, 0.05) is 5.69 Å². The summed E-state index contributed by atoms with van der Waals surface area (Å²) in [5.41, 5.74) is 2.69. The highest BCUT2D eigenvalue weighted by Gasteiger charge is 2.18. The standard InChI is InChI=1S/C16H17N5O3S/c1-4-23-15(22)13-9(2)11(18-10(13)3)8-17-21-14(19-20-16(21)25)12-6-5-7-24-12/h5-8,18H,4H2,1-3H3,(H,20,25)/b17-8+. The minimum atomic E-state index is -0.357. The summed E-state index contributed by atoms with van der Waals surface area (Å²) < 4.78 is 12.2. The molecule has 9 heteroatoms. The molecule has 130 valence electrons. The van der Waals surface area contributed by atoms with E-state index in [1.165, 1.54) is 4.68 Å². The predicted molar refractivity (Wildman–Crippen MR) is 94.3 cm³/mol. The predicted octanol–water partition coefficient (Wildman–Crippen LogP) is 3.20. The van der Waals surface area contributed by atoms with Gasteiger partial charge in [-0.05, 0) is 50.7 Å². The van der Waals surface area contributed by atoms with Crippen LogP contribution in [0.15, 0.2) is 27.9 Å². The van der Waals surface area contributed by atoms with Crippen molar-refractivity contribution in [2.45, 2.75) is 20.8 Å². The Kier molecular flexibility index (Phi) is 4.66. The molecule has 0 unspecified atom stereocenters. The molecule has 0 aromatic carbocycles. The van der Waals surface area contributed by atoms with E-state index in [2.05, 4.69) is 20.3 Å². The lowest BCUT2D eigenvalue weighted by atomic mass is 10.1. The van der Waals surface area contributed by atoms with Gasteiger partial charge in [-0.25, -0.2) is 9.89 Å². The Labute approximate surface area is 148 Å². The van der Waals surface area contributed by atoms with Gasteiger partial charge in [-0.15, -0.1) is 5.10 Å². The average molecular weight is 359 g/mol. The van der Waals surface area contributed by atoms with Gasteiger partial charge in [-0.1, -0.05) is 0 Å². The Bertz CT molecular complexity index is 978. The highest BCUT2D eigenvalue weighted by molar-refractivity contribution is 7.71. The molecule has 0 saturated carbocycles. The van der Waals surface area contributed by atoms with Crippen LogP contribution >= 0.6 is 12.2 Å². The molecule has 25 heavy (non-hydrogen) atoms. The SMILES string of the molecule is CCOC(=O)c1c(C)[nH]c(/C=N/n2c(-c3ccco3)n[nH]c2=S)c1C. The second kappa shape index (κ2) is 6.89. The zero-order valence-corrected chi connectivity index (χ0v) is 14.8. The highest BCUT2D eigenvalue weighted by Crippen LogP contribution is 2.19. The largest absolute Gasteiger partial charge is 0.462 e. The summed E-state index contributed by atoms with van der Waals surface area (Å²) >= 11 is 5.21. The third-order valence-electron chi connectivity index (χ3n) is 3.65. The molecule has 3 aromatic heterocycles. The van der Waals surface area contributed by atoms with Crippen LogP contribution in [-0.2, 0) is 4.74 Å². The number of nitrogens with zero attached hydrogens (tertiary/aromatic N) is 3. The fraction of sp³-hybridized carbons (Fsp3) is 0.250. The molecule has 0 aliphatic rings. The molecule has 3 rings (SSSR count). The number of nitrogens with one attached hydrogen (secondary N) is 2. The number of H-pyrrole nitrogens is 2. The third kappa shape index (κ3) is 3.18. The molecular weight excluding hydrogens is 342 g/mol. The summed E-state index contributed by atoms with van der Waals surface area (Å²) in [5.74, 6) is 0.637. The van der Waals surface area contributed by atoms with Crippen LogP contribution in [0.1, 0.15) is 34.2 Å². The smallest absolute Gasteiger partial charge is 0.340 e. The number of rotatable bonds is 5. The van der Waals surface area contributed by atoms with Crippen molar-refractivity contribution in [3.05, 3.63) is 45.7 Å². The number of furan rings is 1. The van der Waals surface area contributed by atoms with Crippen molar-refractivity contribution in [2.75, 3.05) is 6.61 Å². The Morgan fingerprint density at radius 1 is 1.52 bits per heavy atom. The first kappa shape index (κ1) is 16.9. The zero-order valence-electron chi connectivity index (χ0n) is 14.0. The number of hydrogen-bond donors (Lipinski definition) is 2. The van der Waals surface area contributed by atoms with Crippen LogP contribution in [-0.4, -0.2) is 38.6 Å². The van der Waals surface area contributed by atoms with Gasteiger partial charge in [-0.3, -0.25) is 0 Å². The maximum Gasteiger partial charge on any atom is 0.340 e. The Balaban J connectivity index is 1.97. The lowest BCUT2D eigenvalue weighted by Crippen LogP contribution is -2.06. The van der Waals surface area contributed by atoms with Crippen LogP contribution < -0.4 is 0 Å². The van der Waals surface area contributed by atoms with Gasteiger partial charge in [0.15, 0.2) is 5.76 Å². The van der Waals surface area contributed by atoms with Crippen molar-refractivity contribution in [3.63, 3.8) is 0 Å². The lowest BCUT2D eigenvalue weighted by Gasteiger charge is -2.01. The molecule has 0 amide bonds.